The summed E-state index contributed by atoms with van der Waals surface area (Å²) < 4.78 is 0. The van der Waals surface area contributed by atoms with Gasteiger partial charge in [-0.1, -0.05) is 45.9 Å². The lowest BCUT2D eigenvalue weighted by atomic mass is 9.68. The van der Waals surface area contributed by atoms with Crippen LogP contribution in [0, 0.1) is 23.2 Å². The summed E-state index contributed by atoms with van der Waals surface area (Å²) >= 11 is 0. The Morgan fingerprint density at radius 2 is 2.15 bits per heavy atom. The third-order valence-corrected chi connectivity index (χ3v) is 3.69. The van der Waals surface area contributed by atoms with Gasteiger partial charge >= 0.3 is 0 Å². The quantitative estimate of drug-likeness (QED) is 0.560. The molecule has 0 fully saturated rings. The first-order chi connectivity index (χ1) is 5.99. The third kappa shape index (κ3) is 2.04. The van der Waals surface area contributed by atoms with Crippen LogP contribution in [0.2, 0.25) is 0 Å². The predicted molar refractivity (Wildman–Crippen MR) is 59.6 cm³/mol. The maximum absolute atomic E-state index is 3.93. The van der Waals surface area contributed by atoms with E-state index in [1.54, 1.807) is 0 Å². The van der Waals surface area contributed by atoms with Crippen LogP contribution in [0.1, 0.15) is 34.1 Å². The van der Waals surface area contributed by atoms with Gasteiger partial charge in [-0.25, -0.2) is 0 Å². The van der Waals surface area contributed by atoms with Gasteiger partial charge in [0, 0.05) is 5.41 Å². The Bertz CT molecular complexity index is 212. The molecule has 0 aromatic rings. The molecule has 74 valence electrons. The van der Waals surface area contributed by atoms with E-state index < -0.39 is 0 Å². The summed E-state index contributed by atoms with van der Waals surface area (Å²) in [7, 11) is 0. The maximum Gasteiger partial charge on any atom is 0.00559 e. The van der Waals surface area contributed by atoms with Crippen LogP contribution in [0.4, 0.5) is 0 Å². The molecule has 0 nitrogen and oxygen atoms in total. The van der Waals surface area contributed by atoms with Crippen molar-refractivity contribution >= 4 is 0 Å². The van der Waals surface area contributed by atoms with E-state index in [0.717, 1.165) is 17.8 Å². The molecule has 0 bridgehead atoms. The SMILES string of the molecule is C=CC1(C)C=CC(C(C)C)C[C@@H]1C. The summed E-state index contributed by atoms with van der Waals surface area (Å²) in [5.74, 6) is 2.26. The molecule has 0 aromatic heterocycles. The summed E-state index contributed by atoms with van der Waals surface area (Å²) in [6.07, 6.45) is 8.12. The molecule has 0 aliphatic heterocycles. The molecule has 2 unspecified atom stereocenters. The second kappa shape index (κ2) is 3.69. The van der Waals surface area contributed by atoms with E-state index >= 15 is 0 Å². The third-order valence-electron chi connectivity index (χ3n) is 3.69. The van der Waals surface area contributed by atoms with Gasteiger partial charge in [0.05, 0.1) is 0 Å². The van der Waals surface area contributed by atoms with Crippen LogP contribution in [0.25, 0.3) is 0 Å². The van der Waals surface area contributed by atoms with Crippen LogP contribution >= 0.6 is 0 Å². The normalized spacial score (nSPS) is 39.5. The second-order valence-corrected chi connectivity index (χ2v) is 4.97. The van der Waals surface area contributed by atoms with E-state index in [4.69, 9.17) is 0 Å². The Balaban J connectivity index is 2.80. The highest BCUT2D eigenvalue weighted by molar-refractivity contribution is 5.14. The summed E-state index contributed by atoms with van der Waals surface area (Å²) in [6.45, 7) is 13.1. The van der Waals surface area contributed by atoms with Crippen LogP contribution in [-0.2, 0) is 0 Å². The highest BCUT2D eigenvalue weighted by Crippen LogP contribution is 2.41. The molecule has 0 aromatic carbocycles. The first-order valence-electron chi connectivity index (χ1n) is 5.32. The van der Waals surface area contributed by atoms with E-state index in [2.05, 4.69) is 52.5 Å². The van der Waals surface area contributed by atoms with Gasteiger partial charge in [0.1, 0.15) is 0 Å². The van der Waals surface area contributed by atoms with Crippen LogP contribution in [0.5, 0.6) is 0 Å². The Morgan fingerprint density at radius 3 is 2.54 bits per heavy atom. The Labute approximate surface area is 82.7 Å². The maximum atomic E-state index is 3.93. The zero-order valence-electron chi connectivity index (χ0n) is 9.38. The Kier molecular flexibility index (Phi) is 3.00. The summed E-state index contributed by atoms with van der Waals surface area (Å²) in [4.78, 5) is 0. The molecule has 3 atom stereocenters. The van der Waals surface area contributed by atoms with Gasteiger partial charge in [0.15, 0.2) is 0 Å². The van der Waals surface area contributed by atoms with Gasteiger partial charge in [-0.15, -0.1) is 6.58 Å². The lowest BCUT2D eigenvalue weighted by Crippen LogP contribution is -2.28. The van der Waals surface area contributed by atoms with Crippen LogP contribution in [0.3, 0.4) is 0 Å². The molecule has 0 spiro atoms. The number of hydrogen-bond donors (Lipinski definition) is 0. The second-order valence-electron chi connectivity index (χ2n) is 4.97. The van der Waals surface area contributed by atoms with Crippen molar-refractivity contribution in [1.29, 1.82) is 0 Å². The Hall–Kier alpha value is -0.520. The van der Waals surface area contributed by atoms with E-state index in [-0.39, 0.29) is 5.41 Å². The molecule has 1 aliphatic carbocycles. The number of allylic oxidation sites excluding steroid dienone is 3. The molecule has 0 heteroatoms. The van der Waals surface area contributed by atoms with Crippen LogP contribution in [-0.4, -0.2) is 0 Å². The number of rotatable bonds is 2. The average molecular weight is 178 g/mol. The van der Waals surface area contributed by atoms with Crippen molar-refractivity contribution in [1.82, 2.24) is 0 Å². The van der Waals surface area contributed by atoms with Crippen molar-refractivity contribution in [2.45, 2.75) is 34.1 Å². The first kappa shape index (κ1) is 10.6. The largest absolute Gasteiger partial charge is 0.102 e. The molecular weight excluding hydrogens is 156 g/mol. The van der Waals surface area contributed by atoms with E-state index in [1.165, 1.54) is 6.42 Å². The minimum atomic E-state index is 0.228. The van der Waals surface area contributed by atoms with Crippen molar-refractivity contribution < 1.29 is 0 Å². The molecule has 0 heterocycles. The average Bonchev–Trinajstić information content (AvgIpc) is 2.09. The molecule has 1 rings (SSSR count). The van der Waals surface area contributed by atoms with Gasteiger partial charge in [-0.3, -0.25) is 0 Å². The van der Waals surface area contributed by atoms with Crippen molar-refractivity contribution in [3.63, 3.8) is 0 Å². The molecule has 0 saturated carbocycles. The van der Waals surface area contributed by atoms with Gasteiger partial charge in [-0.05, 0) is 24.2 Å². The highest BCUT2D eigenvalue weighted by Gasteiger charge is 2.31. The van der Waals surface area contributed by atoms with E-state index in [9.17, 15) is 0 Å². The summed E-state index contributed by atoms with van der Waals surface area (Å²) in [6, 6.07) is 0. The fourth-order valence-electron chi connectivity index (χ4n) is 2.00. The molecule has 0 N–H and O–H groups in total. The number of hydrogen-bond acceptors (Lipinski definition) is 0. The molecule has 13 heavy (non-hydrogen) atoms. The molecule has 0 saturated heterocycles. The molecule has 0 radical (unpaired) electrons. The van der Waals surface area contributed by atoms with Crippen molar-refractivity contribution in [3.8, 4) is 0 Å². The zero-order chi connectivity index (χ0) is 10.1. The van der Waals surface area contributed by atoms with E-state index in [1.807, 2.05) is 0 Å². The van der Waals surface area contributed by atoms with Crippen LogP contribution < -0.4 is 0 Å². The zero-order valence-corrected chi connectivity index (χ0v) is 9.38. The van der Waals surface area contributed by atoms with Gasteiger partial charge < -0.3 is 0 Å². The summed E-state index contributed by atoms with van der Waals surface area (Å²) in [5, 5.41) is 0. The minimum absolute atomic E-state index is 0.228. The molecule has 1 aliphatic rings. The molecule has 0 amide bonds. The fourth-order valence-corrected chi connectivity index (χ4v) is 2.00. The lowest BCUT2D eigenvalue weighted by Gasteiger charge is -2.37. The summed E-state index contributed by atoms with van der Waals surface area (Å²) in [5.41, 5.74) is 0.228. The van der Waals surface area contributed by atoms with Gasteiger partial charge in [0.25, 0.3) is 0 Å². The predicted octanol–water partition coefficient (Wildman–Crippen LogP) is 4.05. The topological polar surface area (TPSA) is 0 Å². The molecular formula is C13H22. The first-order valence-corrected chi connectivity index (χ1v) is 5.32. The van der Waals surface area contributed by atoms with Crippen molar-refractivity contribution in [2.75, 3.05) is 0 Å². The van der Waals surface area contributed by atoms with Gasteiger partial charge in [0.2, 0.25) is 0 Å². The van der Waals surface area contributed by atoms with Gasteiger partial charge in [-0.2, -0.15) is 0 Å². The smallest absolute Gasteiger partial charge is 0.00559 e. The Morgan fingerprint density at radius 1 is 1.54 bits per heavy atom. The van der Waals surface area contributed by atoms with Crippen molar-refractivity contribution in [3.05, 3.63) is 24.8 Å². The highest BCUT2D eigenvalue weighted by atomic mass is 14.4. The minimum Gasteiger partial charge on any atom is -0.102 e. The van der Waals surface area contributed by atoms with Crippen molar-refractivity contribution in [2.24, 2.45) is 23.2 Å². The lowest BCUT2D eigenvalue weighted by molar-refractivity contribution is 0.247. The fraction of sp³-hybridized carbons (Fsp3) is 0.692. The monoisotopic (exact) mass is 178 g/mol. The van der Waals surface area contributed by atoms with E-state index in [0.29, 0.717) is 0 Å². The van der Waals surface area contributed by atoms with Crippen LogP contribution in [0.15, 0.2) is 24.8 Å². The standard InChI is InChI=1S/C13H22/c1-6-13(5)8-7-12(10(2)3)9-11(13)4/h6-8,10-12H,1,9H2,2-5H3/t11-,12?,13?/m0/s1.